The number of amides is 2. The van der Waals surface area contributed by atoms with Gasteiger partial charge in [0.05, 0.1) is 0 Å². The normalized spacial score (nSPS) is 24.8. The fraction of sp³-hybridized carbons (Fsp3) is 0.824. The molecule has 2 saturated heterocycles. The van der Waals surface area contributed by atoms with Crippen LogP contribution in [-0.2, 0) is 19.1 Å². The predicted octanol–water partition coefficient (Wildman–Crippen LogP) is 1.16. The van der Waals surface area contributed by atoms with Gasteiger partial charge in [-0.15, -0.1) is 0 Å². The monoisotopic (exact) mass is 340 g/mol. The van der Waals surface area contributed by atoms with Crippen molar-refractivity contribution in [3.8, 4) is 0 Å². The molecule has 0 aliphatic carbocycles. The molecule has 0 unspecified atom stereocenters. The topological polar surface area (TPSA) is 95.9 Å². The van der Waals surface area contributed by atoms with E-state index in [1.807, 2.05) is 0 Å². The van der Waals surface area contributed by atoms with E-state index in [4.69, 9.17) is 9.84 Å². The van der Waals surface area contributed by atoms with Gasteiger partial charge in [0.1, 0.15) is 6.10 Å². The van der Waals surface area contributed by atoms with E-state index in [-0.39, 0.29) is 17.7 Å². The van der Waals surface area contributed by atoms with Crippen LogP contribution in [0.1, 0.15) is 51.9 Å². The number of carboxylic acids is 1. The number of hydrogen-bond donors (Lipinski definition) is 2. The number of likely N-dealkylation sites (tertiary alicyclic amines) is 1. The Labute approximate surface area is 142 Å². The molecular formula is C17H28N2O5. The third kappa shape index (κ3) is 4.93. The van der Waals surface area contributed by atoms with E-state index in [0.29, 0.717) is 38.8 Å². The van der Waals surface area contributed by atoms with Gasteiger partial charge in [-0.25, -0.2) is 4.79 Å². The first-order valence-corrected chi connectivity index (χ1v) is 8.97. The maximum atomic E-state index is 12.4. The van der Waals surface area contributed by atoms with Crippen LogP contribution in [0.3, 0.4) is 0 Å². The van der Waals surface area contributed by atoms with Crippen molar-refractivity contribution in [2.24, 2.45) is 5.92 Å². The molecule has 0 aromatic heterocycles. The molecule has 24 heavy (non-hydrogen) atoms. The molecule has 0 aromatic rings. The molecule has 2 rings (SSSR count). The van der Waals surface area contributed by atoms with Gasteiger partial charge in [0, 0.05) is 25.6 Å². The SMILES string of the molecule is CCCCCNC(=O)C1CCN(C(=O)[C@@H]2CC[C@H](C(=O)O)O2)CC1. The number of hydrogen-bond acceptors (Lipinski definition) is 4. The quantitative estimate of drug-likeness (QED) is 0.678. The molecule has 0 saturated carbocycles. The lowest BCUT2D eigenvalue weighted by Gasteiger charge is -2.32. The zero-order valence-corrected chi connectivity index (χ0v) is 14.3. The van der Waals surface area contributed by atoms with E-state index < -0.39 is 18.2 Å². The lowest BCUT2D eigenvalue weighted by Crippen LogP contribution is -2.46. The highest BCUT2D eigenvalue weighted by Crippen LogP contribution is 2.24. The lowest BCUT2D eigenvalue weighted by atomic mass is 9.95. The van der Waals surface area contributed by atoms with E-state index in [1.54, 1.807) is 4.90 Å². The van der Waals surface area contributed by atoms with Crippen molar-refractivity contribution in [3.63, 3.8) is 0 Å². The Morgan fingerprint density at radius 3 is 2.33 bits per heavy atom. The van der Waals surface area contributed by atoms with Gasteiger partial charge >= 0.3 is 5.97 Å². The smallest absolute Gasteiger partial charge is 0.332 e. The van der Waals surface area contributed by atoms with Crippen LogP contribution in [-0.4, -0.2) is 59.6 Å². The summed E-state index contributed by atoms with van der Waals surface area (Å²) in [6.45, 7) is 3.91. The lowest BCUT2D eigenvalue weighted by molar-refractivity contribution is -0.155. The van der Waals surface area contributed by atoms with Crippen LogP contribution in [0.5, 0.6) is 0 Å². The van der Waals surface area contributed by atoms with Gasteiger partial charge in [0.25, 0.3) is 5.91 Å². The van der Waals surface area contributed by atoms with E-state index >= 15 is 0 Å². The molecule has 0 spiro atoms. The Kier molecular flexibility index (Phi) is 7.02. The van der Waals surface area contributed by atoms with Crippen LogP contribution >= 0.6 is 0 Å². The maximum absolute atomic E-state index is 12.4. The molecule has 0 aromatic carbocycles. The summed E-state index contributed by atoms with van der Waals surface area (Å²) >= 11 is 0. The molecule has 2 aliphatic heterocycles. The standard InChI is InChI=1S/C17H28N2O5/c1-2-3-4-9-18-15(20)12-7-10-19(11-8-12)16(21)13-5-6-14(24-13)17(22)23/h12-14H,2-11H2,1H3,(H,18,20)(H,22,23)/t13-,14+/m0/s1. The number of rotatable bonds is 7. The Balaban J connectivity index is 1.71. The minimum Gasteiger partial charge on any atom is -0.479 e. The molecule has 0 radical (unpaired) electrons. The van der Waals surface area contributed by atoms with Crippen molar-refractivity contribution < 1.29 is 24.2 Å². The molecule has 2 aliphatic rings. The second-order valence-corrected chi connectivity index (χ2v) is 6.63. The zero-order valence-electron chi connectivity index (χ0n) is 14.3. The number of piperidine rings is 1. The number of ether oxygens (including phenoxy) is 1. The van der Waals surface area contributed by atoms with Crippen molar-refractivity contribution in [2.45, 2.75) is 64.1 Å². The van der Waals surface area contributed by atoms with E-state index in [1.165, 1.54) is 0 Å². The van der Waals surface area contributed by atoms with Gasteiger partial charge in [-0.05, 0) is 32.1 Å². The number of nitrogens with one attached hydrogen (secondary N) is 1. The van der Waals surface area contributed by atoms with Gasteiger partial charge in [-0.2, -0.15) is 0 Å². The Bertz CT molecular complexity index is 460. The van der Waals surface area contributed by atoms with Crippen molar-refractivity contribution in [3.05, 3.63) is 0 Å². The Morgan fingerprint density at radius 2 is 1.75 bits per heavy atom. The van der Waals surface area contributed by atoms with E-state index in [2.05, 4.69) is 12.2 Å². The van der Waals surface area contributed by atoms with Gasteiger partial charge in [-0.1, -0.05) is 19.8 Å². The molecule has 2 fully saturated rings. The first-order chi connectivity index (χ1) is 11.5. The highest BCUT2D eigenvalue weighted by molar-refractivity contribution is 5.83. The summed E-state index contributed by atoms with van der Waals surface area (Å²) in [5.74, 6) is -1.10. The molecule has 2 amide bonds. The van der Waals surface area contributed by atoms with Crippen molar-refractivity contribution in [2.75, 3.05) is 19.6 Å². The largest absolute Gasteiger partial charge is 0.479 e. The number of carboxylic acid groups (broad SMARTS) is 1. The summed E-state index contributed by atoms with van der Waals surface area (Å²) in [4.78, 5) is 37.1. The number of carbonyl (C=O) groups excluding carboxylic acids is 2. The third-order valence-electron chi connectivity index (χ3n) is 4.83. The van der Waals surface area contributed by atoms with Crippen molar-refractivity contribution >= 4 is 17.8 Å². The maximum Gasteiger partial charge on any atom is 0.332 e. The van der Waals surface area contributed by atoms with Gasteiger partial charge in [0.15, 0.2) is 6.10 Å². The molecule has 2 N–H and O–H groups in total. The molecule has 2 atom stereocenters. The van der Waals surface area contributed by atoms with Crippen LogP contribution in [0.25, 0.3) is 0 Å². The molecule has 136 valence electrons. The first kappa shape index (κ1) is 18.7. The average Bonchev–Trinajstić information content (AvgIpc) is 3.08. The number of aliphatic carboxylic acids is 1. The van der Waals surface area contributed by atoms with Crippen LogP contribution in [0, 0.1) is 5.92 Å². The molecule has 7 heteroatoms. The highest BCUT2D eigenvalue weighted by atomic mass is 16.5. The first-order valence-electron chi connectivity index (χ1n) is 8.97. The number of unbranched alkanes of at least 4 members (excludes halogenated alkanes) is 2. The summed E-state index contributed by atoms with van der Waals surface area (Å²) in [5.41, 5.74) is 0. The van der Waals surface area contributed by atoms with E-state index in [0.717, 1.165) is 25.8 Å². The number of carbonyl (C=O) groups is 3. The average molecular weight is 340 g/mol. The summed E-state index contributed by atoms with van der Waals surface area (Å²) in [5, 5.41) is 11.9. The molecule has 7 nitrogen and oxygen atoms in total. The highest BCUT2D eigenvalue weighted by Gasteiger charge is 2.38. The molecular weight excluding hydrogens is 312 g/mol. The van der Waals surface area contributed by atoms with Crippen molar-refractivity contribution in [1.82, 2.24) is 10.2 Å². The molecule has 0 bridgehead atoms. The fourth-order valence-corrected chi connectivity index (χ4v) is 3.30. The number of nitrogens with zero attached hydrogens (tertiary/aromatic N) is 1. The van der Waals surface area contributed by atoms with Crippen LogP contribution in [0.2, 0.25) is 0 Å². The summed E-state index contributed by atoms with van der Waals surface area (Å²) in [7, 11) is 0. The molecule has 2 heterocycles. The van der Waals surface area contributed by atoms with Crippen molar-refractivity contribution in [1.29, 1.82) is 0 Å². The van der Waals surface area contributed by atoms with Gasteiger partial charge in [-0.3, -0.25) is 9.59 Å². The van der Waals surface area contributed by atoms with Gasteiger partial charge in [0.2, 0.25) is 5.91 Å². The van der Waals surface area contributed by atoms with Gasteiger partial charge < -0.3 is 20.1 Å². The minimum atomic E-state index is -1.01. The van der Waals surface area contributed by atoms with Crippen LogP contribution in [0.15, 0.2) is 0 Å². The summed E-state index contributed by atoms with van der Waals surface area (Å²) in [6.07, 6.45) is 3.87. The van der Waals surface area contributed by atoms with E-state index in [9.17, 15) is 14.4 Å². The summed E-state index contributed by atoms with van der Waals surface area (Å²) < 4.78 is 5.32. The summed E-state index contributed by atoms with van der Waals surface area (Å²) in [6, 6.07) is 0. The second-order valence-electron chi connectivity index (χ2n) is 6.63. The fourth-order valence-electron chi connectivity index (χ4n) is 3.30. The third-order valence-corrected chi connectivity index (χ3v) is 4.83. The Morgan fingerprint density at radius 1 is 1.08 bits per heavy atom. The minimum absolute atomic E-state index is 0.0352. The second kappa shape index (κ2) is 9.01. The van der Waals surface area contributed by atoms with Crippen LogP contribution in [0.4, 0.5) is 0 Å². The Hall–Kier alpha value is -1.63. The predicted molar refractivity (Wildman–Crippen MR) is 87.4 cm³/mol. The van der Waals surface area contributed by atoms with Crippen LogP contribution < -0.4 is 5.32 Å². The zero-order chi connectivity index (χ0) is 17.5.